The highest BCUT2D eigenvalue weighted by molar-refractivity contribution is 5.96. The average Bonchev–Trinajstić information content (AvgIpc) is 3.17. The van der Waals surface area contributed by atoms with E-state index in [1.807, 2.05) is 0 Å². The minimum absolute atomic E-state index is 0.0479. The van der Waals surface area contributed by atoms with E-state index in [4.69, 9.17) is 9.15 Å². The van der Waals surface area contributed by atoms with Crippen molar-refractivity contribution in [2.45, 2.75) is 26.3 Å². The van der Waals surface area contributed by atoms with E-state index in [0.717, 1.165) is 0 Å². The third-order valence-corrected chi connectivity index (χ3v) is 3.54. The van der Waals surface area contributed by atoms with Crippen LogP contribution in [0.15, 0.2) is 47.1 Å². The van der Waals surface area contributed by atoms with Crippen LogP contribution in [0.1, 0.15) is 35.9 Å². The second-order valence-corrected chi connectivity index (χ2v) is 5.70. The molecule has 0 aliphatic rings. The van der Waals surface area contributed by atoms with Gasteiger partial charge in [0, 0.05) is 17.7 Å². The zero-order valence-electron chi connectivity index (χ0n) is 14.8. The molecule has 2 rings (SSSR count). The maximum absolute atomic E-state index is 11.8. The van der Waals surface area contributed by atoms with Crippen molar-refractivity contribution in [1.29, 1.82) is 0 Å². The number of esters is 1. The highest BCUT2D eigenvalue weighted by Crippen LogP contribution is 2.10. The fraction of sp³-hybridized carbons (Fsp3) is 0.263. The summed E-state index contributed by atoms with van der Waals surface area (Å²) in [5.41, 5.74) is 1.02. The highest BCUT2D eigenvalue weighted by atomic mass is 16.5. The molecule has 27 heavy (non-hydrogen) atoms. The normalized spacial score (nSPS) is 10.1. The molecule has 0 saturated carbocycles. The fourth-order valence-electron chi connectivity index (χ4n) is 2.11. The zero-order chi connectivity index (χ0) is 19.6. The standard InChI is InChI=1S/C19H20N2O6/c1-13(22)14-4-6-15(7-5-14)21-18(24)12-27-19(25)9-8-17(23)20-11-16-3-2-10-26-16/h2-7,10H,8-9,11-12H2,1H3,(H,20,23)(H,21,24). The van der Waals surface area contributed by atoms with Crippen molar-refractivity contribution >= 4 is 29.3 Å². The second-order valence-electron chi connectivity index (χ2n) is 5.70. The summed E-state index contributed by atoms with van der Waals surface area (Å²) in [5.74, 6) is -0.946. The van der Waals surface area contributed by atoms with Crippen molar-refractivity contribution in [3.8, 4) is 0 Å². The quantitative estimate of drug-likeness (QED) is 0.514. The Kier molecular flexibility index (Phi) is 7.30. The van der Waals surface area contributed by atoms with E-state index < -0.39 is 18.5 Å². The molecule has 8 heteroatoms. The molecule has 1 aromatic heterocycles. The van der Waals surface area contributed by atoms with E-state index >= 15 is 0 Å². The largest absolute Gasteiger partial charge is 0.467 e. The number of carbonyl (C=O) groups excluding carboxylic acids is 4. The van der Waals surface area contributed by atoms with Crippen LogP contribution in [0.4, 0.5) is 5.69 Å². The van der Waals surface area contributed by atoms with Crippen LogP contribution in [0.5, 0.6) is 0 Å². The molecular weight excluding hydrogens is 352 g/mol. The van der Waals surface area contributed by atoms with Crippen molar-refractivity contribution < 1.29 is 28.3 Å². The summed E-state index contributed by atoms with van der Waals surface area (Å²) in [6.07, 6.45) is 1.32. The molecule has 0 saturated heterocycles. The number of carbonyl (C=O) groups is 4. The molecule has 2 N–H and O–H groups in total. The second kappa shape index (κ2) is 9.91. The van der Waals surface area contributed by atoms with Crippen LogP contribution >= 0.6 is 0 Å². The summed E-state index contributed by atoms with van der Waals surface area (Å²) < 4.78 is 9.91. The lowest BCUT2D eigenvalue weighted by Crippen LogP contribution is -2.24. The first-order chi connectivity index (χ1) is 12.9. The van der Waals surface area contributed by atoms with E-state index in [0.29, 0.717) is 17.0 Å². The number of rotatable bonds is 9. The summed E-state index contributed by atoms with van der Waals surface area (Å²) >= 11 is 0. The van der Waals surface area contributed by atoms with Crippen molar-refractivity contribution in [1.82, 2.24) is 5.32 Å². The van der Waals surface area contributed by atoms with Crippen LogP contribution in [-0.2, 0) is 25.7 Å². The van der Waals surface area contributed by atoms with Gasteiger partial charge >= 0.3 is 5.97 Å². The summed E-state index contributed by atoms with van der Waals surface area (Å²) in [4.78, 5) is 46.2. The molecule has 0 atom stereocenters. The molecule has 142 valence electrons. The van der Waals surface area contributed by atoms with Crippen LogP contribution in [0, 0.1) is 0 Å². The Morgan fingerprint density at radius 3 is 2.37 bits per heavy atom. The first kappa shape index (κ1) is 19.9. The van der Waals surface area contributed by atoms with Crippen molar-refractivity contribution in [3.05, 3.63) is 54.0 Å². The van der Waals surface area contributed by atoms with E-state index in [2.05, 4.69) is 10.6 Å². The Morgan fingerprint density at radius 2 is 1.74 bits per heavy atom. The SMILES string of the molecule is CC(=O)c1ccc(NC(=O)COC(=O)CCC(=O)NCc2ccco2)cc1. The molecule has 0 bridgehead atoms. The Balaban J connectivity index is 1.63. The van der Waals surface area contributed by atoms with E-state index in [1.54, 1.807) is 36.4 Å². The van der Waals surface area contributed by atoms with Gasteiger partial charge in [-0.25, -0.2) is 0 Å². The molecule has 0 fully saturated rings. The number of anilines is 1. The van der Waals surface area contributed by atoms with Gasteiger partial charge in [0.15, 0.2) is 12.4 Å². The van der Waals surface area contributed by atoms with Gasteiger partial charge < -0.3 is 19.8 Å². The van der Waals surface area contributed by atoms with E-state index in [1.165, 1.54) is 13.2 Å². The van der Waals surface area contributed by atoms with Gasteiger partial charge in [-0.15, -0.1) is 0 Å². The first-order valence-corrected chi connectivity index (χ1v) is 8.29. The Morgan fingerprint density at radius 1 is 1.00 bits per heavy atom. The third kappa shape index (κ3) is 7.15. The average molecular weight is 372 g/mol. The van der Waals surface area contributed by atoms with Crippen molar-refractivity contribution in [2.75, 3.05) is 11.9 Å². The molecule has 1 heterocycles. The summed E-state index contributed by atoms with van der Waals surface area (Å²) in [6.45, 7) is 1.23. The molecule has 0 aliphatic heterocycles. The molecule has 0 aliphatic carbocycles. The molecule has 8 nitrogen and oxygen atoms in total. The van der Waals surface area contributed by atoms with Crippen LogP contribution in [0.25, 0.3) is 0 Å². The molecule has 1 aromatic carbocycles. The van der Waals surface area contributed by atoms with Gasteiger partial charge in [-0.05, 0) is 43.3 Å². The van der Waals surface area contributed by atoms with Gasteiger partial charge in [-0.3, -0.25) is 19.2 Å². The number of benzene rings is 1. The first-order valence-electron chi connectivity index (χ1n) is 8.29. The van der Waals surface area contributed by atoms with Crippen molar-refractivity contribution in [3.63, 3.8) is 0 Å². The highest BCUT2D eigenvalue weighted by Gasteiger charge is 2.11. The van der Waals surface area contributed by atoms with Crippen LogP contribution in [-0.4, -0.2) is 30.2 Å². The summed E-state index contributed by atoms with van der Waals surface area (Å²) in [7, 11) is 0. The zero-order valence-corrected chi connectivity index (χ0v) is 14.8. The predicted octanol–water partition coefficient (Wildman–Crippen LogP) is 2.06. The molecular formula is C19H20N2O6. The minimum Gasteiger partial charge on any atom is -0.467 e. The van der Waals surface area contributed by atoms with Crippen molar-refractivity contribution in [2.24, 2.45) is 0 Å². The summed E-state index contributed by atoms with van der Waals surface area (Å²) in [6, 6.07) is 9.78. The molecule has 2 aromatic rings. The molecule has 2 amide bonds. The number of nitrogens with one attached hydrogen (secondary N) is 2. The predicted molar refractivity (Wildman–Crippen MR) is 95.8 cm³/mol. The van der Waals surface area contributed by atoms with E-state index in [-0.39, 0.29) is 31.1 Å². The molecule has 0 unspecified atom stereocenters. The number of ketones is 1. The van der Waals surface area contributed by atoms with Crippen LogP contribution in [0.3, 0.4) is 0 Å². The van der Waals surface area contributed by atoms with E-state index in [9.17, 15) is 19.2 Å². The number of Topliss-reactive ketones (excluding diaryl/α,β-unsaturated/α-hetero) is 1. The van der Waals surface area contributed by atoms with Gasteiger partial charge in [-0.2, -0.15) is 0 Å². The third-order valence-electron chi connectivity index (χ3n) is 3.54. The maximum atomic E-state index is 11.8. The number of hydrogen-bond acceptors (Lipinski definition) is 6. The number of amides is 2. The number of ether oxygens (including phenoxy) is 1. The lowest BCUT2D eigenvalue weighted by molar-refractivity contribution is -0.148. The van der Waals surface area contributed by atoms with Gasteiger partial charge in [-0.1, -0.05) is 0 Å². The Hall–Kier alpha value is -3.42. The Bertz CT molecular complexity index is 796. The van der Waals surface area contributed by atoms with Gasteiger partial charge in [0.1, 0.15) is 5.76 Å². The monoisotopic (exact) mass is 372 g/mol. The topological polar surface area (TPSA) is 115 Å². The fourth-order valence-corrected chi connectivity index (χ4v) is 2.11. The molecule has 0 spiro atoms. The van der Waals surface area contributed by atoms with Gasteiger partial charge in [0.2, 0.25) is 5.91 Å². The lowest BCUT2D eigenvalue weighted by Gasteiger charge is -2.07. The van der Waals surface area contributed by atoms with Crippen LogP contribution in [0.2, 0.25) is 0 Å². The van der Waals surface area contributed by atoms with Crippen LogP contribution < -0.4 is 10.6 Å². The maximum Gasteiger partial charge on any atom is 0.306 e. The number of furan rings is 1. The number of hydrogen-bond donors (Lipinski definition) is 2. The summed E-state index contributed by atoms with van der Waals surface area (Å²) in [5, 5.41) is 5.15. The molecule has 0 radical (unpaired) electrons. The minimum atomic E-state index is -0.648. The van der Waals surface area contributed by atoms with Gasteiger partial charge in [0.25, 0.3) is 5.91 Å². The Labute approximate surface area is 155 Å². The smallest absolute Gasteiger partial charge is 0.306 e. The lowest BCUT2D eigenvalue weighted by atomic mass is 10.1. The van der Waals surface area contributed by atoms with Gasteiger partial charge in [0.05, 0.1) is 19.2 Å².